The van der Waals surface area contributed by atoms with E-state index in [1.807, 2.05) is 17.5 Å². The molecule has 4 heteroatoms. The average Bonchev–Trinajstić information content (AvgIpc) is 2.50. The molecular weight excluding hydrogens is 202 g/mol. The summed E-state index contributed by atoms with van der Waals surface area (Å²) >= 11 is 5.98. The topological polar surface area (TPSA) is 35.2 Å². The molecule has 0 saturated heterocycles. The van der Waals surface area contributed by atoms with Gasteiger partial charge >= 0.3 is 0 Å². The van der Waals surface area contributed by atoms with Crippen LogP contribution in [0, 0.1) is 0 Å². The summed E-state index contributed by atoms with van der Waals surface area (Å²) in [4.78, 5) is 0.863. The number of ether oxygens (including phenoxy) is 1. The Hall–Kier alpha value is -0.870. The third kappa shape index (κ3) is 1.26. The lowest BCUT2D eigenvalue weighted by atomic mass is 10.2. The Morgan fingerprint density at radius 1 is 1.46 bits per heavy atom. The molecule has 2 nitrogen and oxygen atoms in total. The van der Waals surface area contributed by atoms with E-state index in [1.165, 1.54) is 0 Å². The van der Waals surface area contributed by atoms with E-state index >= 15 is 0 Å². The zero-order valence-electron chi connectivity index (χ0n) is 7.07. The van der Waals surface area contributed by atoms with E-state index in [0.29, 0.717) is 0 Å². The molecular formula is C9H9NOS2. The normalized spacial score (nSPS) is 10.6. The van der Waals surface area contributed by atoms with Gasteiger partial charge in [-0.05, 0) is 12.1 Å². The molecule has 0 aliphatic carbocycles. The number of hydrogen-bond acceptors (Lipinski definition) is 4. The molecule has 1 aromatic carbocycles. The van der Waals surface area contributed by atoms with Gasteiger partial charge in [-0.15, -0.1) is 24.0 Å². The number of hydrogen-bond donors (Lipinski definition) is 2. The second-order valence-electron chi connectivity index (χ2n) is 2.68. The van der Waals surface area contributed by atoms with Crippen molar-refractivity contribution in [1.82, 2.24) is 0 Å². The van der Waals surface area contributed by atoms with E-state index in [2.05, 4.69) is 12.6 Å². The van der Waals surface area contributed by atoms with Crippen molar-refractivity contribution in [2.75, 3.05) is 12.8 Å². The fraction of sp³-hybridized carbons (Fsp3) is 0.111. The number of methoxy groups -OCH3 is 1. The highest BCUT2D eigenvalue weighted by molar-refractivity contribution is 7.81. The van der Waals surface area contributed by atoms with Crippen molar-refractivity contribution in [2.24, 2.45) is 0 Å². The number of anilines is 1. The summed E-state index contributed by atoms with van der Waals surface area (Å²) in [6.45, 7) is 0. The molecule has 1 heterocycles. The van der Waals surface area contributed by atoms with Gasteiger partial charge in [-0.2, -0.15) is 0 Å². The lowest BCUT2D eigenvalue weighted by molar-refractivity contribution is 0.406. The zero-order valence-corrected chi connectivity index (χ0v) is 8.78. The minimum absolute atomic E-state index is 0.790. The molecule has 0 spiro atoms. The van der Waals surface area contributed by atoms with Crippen molar-refractivity contribution in [3.8, 4) is 5.75 Å². The van der Waals surface area contributed by atoms with E-state index in [-0.39, 0.29) is 0 Å². The number of nitrogen functional groups attached to an aromatic ring is 1. The lowest BCUT2D eigenvalue weighted by Crippen LogP contribution is -1.85. The molecule has 0 atom stereocenters. The van der Waals surface area contributed by atoms with E-state index in [9.17, 15) is 0 Å². The van der Waals surface area contributed by atoms with Crippen molar-refractivity contribution in [2.45, 2.75) is 4.90 Å². The first kappa shape index (κ1) is 8.72. The molecule has 1 aromatic heterocycles. The minimum Gasteiger partial charge on any atom is -0.496 e. The molecule has 0 amide bonds. The van der Waals surface area contributed by atoms with E-state index in [0.717, 1.165) is 26.4 Å². The van der Waals surface area contributed by atoms with Crippen LogP contribution in [0.2, 0.25) is 0 Å². The molecule has 2 N–H and O–H groups in total. The van der Waals surface area contributed by atoms with Gasteiger partial charge in [0.05, 0.1) is 22.4 Å². The lowest BCUT2D eigenvalue weighted by Gasteiger charge is -2.03. The fourth-order valence-corrected chi connectivity index (χ4v) is 2.59. The Kier molecular flexibility index (Phi) is 2.09. The molecule has 0 aliphatic heterocycles. The number of rotatable bonds is 1. The first-order chi connectivity index (χ1) is 6.24. The first-order valence-electron chi connectivity index (χ1n) is 3.76. The molecule has 0 bridgehead atoms. The minimum atomic E-state index is 0.790. The van der Waals surface area contributed by atoms with Crippen LogP contribution in [-0.2, 0) is 0 Å². The van der Waals surface area contributed by atoms with Gasteiger partial charge in [0.15, 0.2) is 0 Å². The summed E-state index contributed by atoms with van der Waals surface area (Å²) in [5.41, 5.74) is 6.58. The molecule has 2 aromatic rings. The number of benzene rings is 1. The highest BCUT2D eigenvalue weighted by Crippen LogP contribution is 2.37. The molecule has 13 heavy (non-hydrogen) atoms. The second kappa shape index (κ2) is 3.12. The maximum atomic E-state index is 5.77. The van der Waals surface area contributed by atoms with Gasteiger partial charge in [0, 0.05) is 10.8 Å². The third-order valence-corrected chi connectivity index (χ3v) is 3.56. The Bertz CT molecular complexity index is 450. The van der Waals surface area contributed by atoms with Crippen LogP contribution in [0.15, 0.2) is 22.4 Å². The highest BCUT2D eigenvalue weighted by atomic mass is 32.1. The van der Waals surface area contributed by atoms with Crippen molar-refractivity contribution in [3.63, 3.8) is 0 Å². The van der Waals surface area contributed by atoms with Gasteiger partial charge in [-0.25, -0.2) is 0 Å². The molecule has 0 aliphatic rings. The Morgan fingerprint density at radius 3 is 2.92 bits per heavy atom. The summed E-state index contributed by atoms with van der Waals surface area (Å²) in [5.74, 6) is 0.790. The predicted molar refractivity (Wildman–Crippen MR) is 60.0 cm³/mol. The highest BCUT2D eigenvalue weighted by Gasteiger charge is 2.07. The second-order valence-corrected chi connectivity index (χ2v) is 4.01. The summed E-state index contributed by atoms with van der Waals surface area (Å²) in [5, 5.41) is 2.97. The maximum absolute atomic E-state index is 5.77. The van der Waals surface area contributed by atoms with Crippen LogP contribution >= 0.6 is 24.0 Å². The molecule has 2 rings (SSSR count). The standard InChI is InChI=1S/C9H9NOS2/c1-11-7-3-2-5-6(10)4-13-9(5)8(7)12/h2-4,12H,10H2,1H3. The van der Waals surface area contributed by atoms with Crippen LogP contribution in [-0.4, -0.2) is 7.11 Å². The molecule has 68 valence electrons. The quantitative estimate of drug-likeness (QED) is 0.711. The monoisotopic (exact) mass is 211 g/mol. The Balaban J connectivity index is 2.80. The smallest absolute Gasteiger partial charge is 0.133 e. The van der Waals surface area contributed by atoms with Crippen molar-refractivity contribution < 1.29 is 4.74 Å². The van der Waals surface area contributed by atoms with Crippen LogP contribution in [0.25, 0.3) is 10.1 Å². The number of fused-ring (bicyclic) bond motifs is 1. The molecule has 0 unspecified atom stereocenters. The summed E-state index contributed by atoms with van der Waals surface area (Å²) in [7, 11) is 1.64. The summed E-state index contributed by atoms with van der Waals surface area (Å²) < 4.78 is 6.24. The van der Waals surface area contributed by atoms with Crippen molar-refractivity contribution in [3.05, 3.63) is 17.5 Å². The Morgan fingerprint density at radius 2 is 2.23 bits per heavy atom. The number of thiol groups is 1. The van der Waals surface area contributed by atoms with Crippen LogP contribution in [0.1, 0.15) is 0 Å². The van der Waals surface area contributed by atoms with Crippen LogP contribution in [0.4, 0.5) is 5.69 Å². The van der Waals surface area contributed by atoms with Gasteiger partial charge in [-0.1, -0.05) is 0 Å². The molecule has 0 radical (unpaired) electrons. The van der Waals surface area contributed by atoms with Gasteiger partial charge in [-0.3, -0.25) is 0 Å². The fourth-order valence-electron chi connectivity index (χ4n) is 1.25. The van der Waals surface area contributed by atoms with Crippen LogP contribution < -0.4 is 10.5 Å². The van der Waals surface area contributed by atoms with Crippen molar-refractivity contribution >= 4 is 39.7 Å². The Labute approximate surface area is 85.7 Å². The van der Waals surface area contributed by atoms with Gasteiger partial charge in [0.25, 0.3) is 0 Å². The average molecular weight is 211 g/mol. The molecule has 0 fully saturated rings. The zero-order chi connectivity index (χ0) is 9.42. The summed E-state index contributed by atoms with van der Waals surface area (Å²) in [6, 6.07) is 3.84. The first-order valence-corrected chi connectivity index (χ1v) is 5.09. The van der Waals surface area contributed by atoms with Gasteiger partial charge in [0.1, 0.15) is 5.75 Å². The van der Waals surface area contributed by atoms with Gasteiger partial charge in [0.2, 0.25) is 0 Å². The van der Waals surface area contributed by atoms with Crippen LogP contribution in [0.3, 0.4) is 0 Å². The predicted octanol–water partition coefficient (Wildman–Crippen LogP) is 2.78. The number of nitrogens with two attached hydrogens (primary N) is 1. The summed E-state index contributed by atoms with van der Waals surface area (Å²) in [6.07, 6.45) is 0. The maximum Gasteiger partial charge on any atom is 0.133 e. The van der Waals surface area contributed by atoms with E-state index < -0.39 is 0 Å². The molecule has 0 saturated carbocycles. The SMILES string of the molecule is COc1ccc2c(N)csc2c1S. The van der Waals surface area contributed by atoms with Gasteiger partial charge < -0.3 is 10.5 Å². The van der Waals surface area contributed by atoms with Crippen LogP contribution in [0.5, 0.6) is 5.75 Å². The largest absolute Gasteiger partial charge is 0.496 e. The van der Waals surface area contributed by atoms with E-state index in [1.54, 1.807) is 18.4 Å². The van der Waals surface area contributed by atoms with Crippen molar-refractivity contribution in [1.29, 1.82) is 0 Å². The third-order valence-electron chi connectivity index (χ3n) is 1.93. The van der Waals surface area contributed by atoms with E-state index in [4.69, 9.17) is 10.5 Å². The number of thiophene rings is 1.